The van der Waals surface area contributed by atoms with Crippen LogP contribution in [0.25, 0.3) is 10.9 Å². The van der Waals surface area contributed by atoms with E-state index in [1.807, 2.05) is 46.2 Å². The first-order chi connectivity index (χ1) is 13.2. The molecule has 0 aliphatic carbocycles. The molecule has 2 saturated heterocycles. The smallest absolute Gasteiger partial charge is 0.272 e. The maximum Gasteiger partial charge on any atom is 0.272 e. The van der Waals surface area contributed by atoms with Crippen LogP contribution in [-0.2, 0) is 4.79 Å². The van der Waals surface area contributed by atoms with Crippen LogP contribution in [0.2, 0.25) is 0 Å². The summed E-state index contributed by atoms with van der Waals surface area (Å²) in [5, 5.41) is 1.05. The molecule has 0 saturated carbocycles. The van der Waals surface area contributed by atoms with E-state index in [1.165, 1.54) is 0 Å². The number of fused-ring (bicyclic) bond motifs is 1. The molecule has 0 radical (unpaired) electrons. The SMILES string of the molecule is O=C1CCCN1CCN1CCCN(C(=O)c2ccc3ccccc3n2)CC1. The Morgan fingerprint density at radius 1 is 0.926 bits per heavy atom. The lowest BCUT2D eigenvalue weighted by Crippen LogP contribution is -2.39. The number of carbonyl (C=O) groups excluding carboxylic acids is 2. The zero-order valence-corrected chi connectivity index (χ0v) is 15.6. The third-order valence-corrected chi connectivity index (χ3v) is 5.55. The third-order valence-electron chi connectivity index (χ3n) is 5.55. The molecule has 2 amide bonds. The molecule has 0 spiro atoms. The van der Waals surface area contributed by atoms with Gasteiger partial charge in [-0.25, -0.2) is 4.98 Å². The number of carbonyl (C=O) groups is 2. The van der Waals surface area contributed by atoms with Gasteiger partial charge in [-0.2, -0.15) is 0 Å². The van der Waals surface area contributed by atoms with Gasteiger partial charge in [-0.05, 0) is 31.5 Å². The fraction of sp³-hybridized carbons (Fsp3) is 0.476. The van der Waals surface area contributed by atoms with E-state index in [1.54, 1.807) is 0 Å². The van der Waals surface area contributed by atoms with Crippen LogP contribution in [0.3, 0.4) is 0 Å². The summed E-state index contributed by atoms with van der Waals surface area (Å²) in [5.41, 5.74) is 1.37. The van der Waals surface area contributed by atoms with Crippen molar-refractivity contribution in [3.05, 3.63) is 42.1 Å². The van der Waals surface area contributed by atoms with Crippen molar-refractivity contribution in [2.75, 3.05) is 45.8 Å². The van der Waals surface area contributed by atoms with E-state index < -0.39 is 0 Å². The second-order valence-corrected chi connectivity index (χ2v) is 7.36. The molecule has 3 heterocycles. The maximum atomic E-state index is 12.9. The van der Waals surface area contributed by atoms with Gasteiger partial charge in [0.1, 0.15) is 5.69 Å². The van der Waals surface area contributed by atoms with Crippen molar-refractivity contribution < 1.29 is 9.59 Å². The number of amides is 2. The highest BCUT2D eigenvalue weighted by molar-refractivity contribution is 5.94. The van der Waals surface area contributed by atoms with Crippen molar-refractivity contribution in [3.8, 4) is 0 Å². The van der Waals surface area contributed by atoms with Crippen molar-refractivity contribution in [3.63, 3.8) is 0 Å². The van der Waals surface area contributed by atoms with Gasteiger partial charge in [-0.3, -0.25) is 14.5 Å². The summed E-state index contributed by atoms with van der Waals surface area (Å²) in [6.07, 6.45) is 2.63. The number of likely N-dealkylation sites (tertiary alicyclic amines) is 1. The van der Waals surface area contributed by atoms with Gasteiger partial charge in [0, 0.05) is 51.1 Å². The molecule has 0 unspecified atom stereocenters. The predicted octanol–water partition coefficient (Wildman–Crippen LogP) is 2.01. The fourth-order valence-corrected chi connectivity index (χ4v) is 3.95. The molecule has 4 rings (SSSR count). The molecular formula is C21H26N4O2. The lowest BCUT2D eigenvalue weighted by atomic mass is 10.2. The fourth-order valence-electron chi connectivity index (χ4n) is 3.95. The number of hydrogen-bond acceptors (Lipinski definition) is 4. The van der Waals surface area contributed by atoms with E-state index in [0.717, 1.165) is 63.0 Å². The van der Waals surface area contributed by atoms with Crippen LogP contribution >= 0.6 is 0 Å². The Bertz CT molecular complexity index is 838. The summed E-state index contributed by atoms with van der Waals surface area (Å²) >= 11 is 0. The summed E-state index contributed by atoms with van der Waals surface area (Å²) < 4.78 is 0. The van der Waals surface area contributed by atoms with Crippen molar-refractivity contribution >= 4 is 22.7 Å². The molecule has 0 bridgehead atoms. The molecule has 1 aromatic heterocycles. The van der Waals surface area contributed by atoms with E-state index in [0.29, 0.717) is 18.7 Å². The molecule has 2 fully saturated rings. The largest absolute Gasteiger partial charge is 0.341 e. The van der Waals surface area contributed by atoms with E-state index in [4.69, 9.17) is 0 Å². The molecule has 2 aliphatic rings. The van der Waals surface area contributed by atoms with Crippen molar-refractivity contribution in [2.45, 2.75) is 19.3 Å². The number of rotatable bonds is 4. The lowest BCUT2D eigenvalue weighted by molar-refractivity contribution is -0.127. The summed E-state index contributed by atoms with van der Waals surface area (Å²) in [6.45, 7) is 5.87. The molecule has 6 nitrogen and oxygen atoms in total. The minimum absolute atomic E-state index is 0.0114. The molecule has 2 aliphatic heterocycles. The summed E-state index contributed by atoms with van der Waals surface area (Å²) in [5.74, 6) is 0.293. The van der Waals surface area contributed by atoms with E-state index in [-0.39, 0.29) is 11.8 Å². The van der Waals surface area contributed by atoms with Crippen molar-refractivity contribution in [1.29, 1.82) is 0 Å². The number of benzene rings is 1. The van der Waals surface area contributed by atoms with Gasteiger partial charge in [-0.15, -0.1) is 0 Å². The van der Waals surface area contributed by atoms with Gasteiger partial charge >= 0.3 is 0 Å². The molecular weight excluding hydrogens is 340 g/mol. The highest BCUT2D eigenvalue weighted by Gasteiger charge is 2.23. The molecule has 0 atom stereocenters. The van der Waals surface area contributed by atoms with Crippen LogP contribution in [0, 0.1) is 0 Å². The highest BCUT2D eigenvalue weighted by atomic mass is 16.2. The molecule has 2 aromatic rings. The minimum atomic E-state index is 0.0114. The number of nitrogens with zero attached hydrogens (tertiary/aromatic N) is 4. The molecule has 142 valence electrons. The first-order valence-corrected chi connectivity index (χ1v) is 9.86. The Morgan fingerprint density at radius 2 is 1.81 bits per heavy atom. The van der Waals surface area contributed by atoms with E-state index >= 15 is 0 Å². The van der Waals surface area contributed by atoms with Crippen LogP contribution in [0.4, 0.5) is 0 Å². The Balaban J connectivity index is 1.35. The maximum absolute atomic E-state index is 12.9. The number of para-hydroxylation sites is 1. The quantitative estimate of drug-likeness (QED) is 0.831. The minimum Gasteiger partial charge on any atom is -0.341 e. The predicted molar refractivity (Wildman–Crippen MR) is 105 cm³/mol. The second-order valence-electron chi connectivity index (χ2n) is 7.36. The summed E-state index contributed by atoms with van der Waals surface area (Å²) in [6, 6.07) is 11.7. The van der Waals surface area contributed by atoms with Gasteiger partial charge < -0.3 is 9.80 Å². The van der Waals surface area contributed by atoms with Gasteiger partial charge in [-0.1, -0.05) is 24.3 Å². The first-order valence-electron chi connectivity index (χ1n) is 9.86. The first kappa shape index (κ1) is 17.9. The zero-order valence-electron chi connectivity index (χ0n) is 15.6. The van der Waals surface area contributed by atoms with E-state index in [2.05, 4.69) is 9.88 Å². The Kier molecular flexibility index (Phi) is 5.34. The van der Waals surface area contributed by atoms with Gasteiger partial charge in [0.25, 0.3) is 5.91 Å². The van der Waals surface area contributed by atoms with Crippen LogP contribution in [0.15, 0.2) is 36.4 Å². The number of pyridine rings is 1. The highest BCUT2D eigenvalue weighted by Crippen LogP contribution is 2.15. The Morgan fingerprint density at radius 3 is 2.67 bits per heavy atom. The zero-order chi connectivity index (χ0) is 18.6. The Labute approximate surface area is 159 Å². The molecule has 1 aromatic carbocycles. The van der Waals surface area contributed by atoms with Crippen LogP contribution < -0.4 is 0 Å². The molecule has 27 heavy (non-hydrogen) atoms. The van der Waals surface area contributed by atoms with Crippen molar-refractivity contribution in [2.24, 2.45) is 0 Å². The number of aromatic nitrogens is 1. The van der Waals surface area contributed by atoms with Gasteiger partial charge in [0.2, 0.25) is 5.91 Å². The number of hydrogen-bond donors (Lipinski definition) is 0. The topological polar surface area (TPSA) is 56.8 Å². The normalized spacial score (nSPS) is 18.9. The van der Waals surface area contributed by atoms with Crippen LogP contribution in [0.1, 0.15) is 29.8 Å². The van der Waals surface area contributed by atoms with Gasteiger partial charge in [0.15, 0.2) is 0 Å². The average Bonchev–Trinajstić information content (AvgIpc) is 2.97. The van der Waals surface area contributed by atoms with E-state index in [9.17, 15) is 9.59 Å². The monoisotopic (exact) mass is 366 g/mol. The van der Waals surface area contributed by atoms with Gasteiger partial charge in [0.05, 0.1) is 5.52 Å². The average molecular weight is 366 g/mol. The summed E-state index contributed by atoms with van der Waals surface area (Å²) in [4.78, 5) is 35.5. The summed E-state index contributed by atoms with van der Waals surface area (Å²) in [7, 11) is 0. The standard InChI is InChI=1S/C21H26N4O2/c26-20-7-3-11-24(20)15-13-23-10-4-12-25(16-14-23)21(27)19-9-8-17-5-1-2-6-18(17)22-19/h1-2,5-6,8-9H,3-4,7,10-16H2. The second kappa shape index (κ2) is 8.05. The lowest BCUT2D eigenvalue weighted by Gasteiger charge is -2.24. The van der Waals surface area contributed by atoms with Crippen LogP contribution in [-0.4, -0.2) is 77.3 Å². The molecule has 0 N–H and O–H groups in total. The van der Waals surface area contributed by atoms with Crippen LogP contribution in [0.5, 0.6) is 0 Å². The van der Waals surface area contributed by atoms with Crippen molar-refractivity contribution in [1.82, 2.24) is 19.7 Å². The third kappa shape index (κ3) is 4.11. The molecule has 6 heteroatoms. The Hall–Kier alpha value is -2.47.